The zero-order chi connectivity index (χ0) is 33.5. The summed E-state index contributed by atoms with van der Waals surface area (Å²) in [6.45, 7) is 0. The van der Waals surface area contributed by atoms with E-state index in [0.29, 0.717) is 0 Å². The van der Waals surface area contributed by atoms with Crippen LogP contribution in [0.1, 0.15) is 22.3 Å². The Kier molecular flexibility index (Phi) is 5.91. The molecule has 10 aromatic rings. The molecule has 0 saturated carbocycles. The Morgan fingerprint density at radius 1 is 0.373 bits per heavy atom. The van der Waals surface area contributed by atoms with E-state index in [2.05, 4.69) is 193 Å². The molecule has 1 aliphatic rings. The van der Waals surface area contributed by atoms with Gasteiger partial charge in [0.25, 0.3) is 0 Å². The van der Waals surface area contributed by atoms with Crippen LogP contribution in [-0.4, -0.2) is 4.57 Å². The van der Waals surface area contributed by atoms with E-state index in [4.69, 9.17) is 4.42 Å². The molecule has 1 aliphatic carbocycles. The van der Waals surface area contributed by atoms with Gasteiger partial charge >= 0.3 is 0 Å². The lowest BCUT2D eigenvalue weighted by atomic mass is 9.67. The van der Waals surface area contributed by atoms with Crippen molar-refractivity contribution >= 4 is 43.7 Å². The number of hydrogen-bond acceptors (Lipinski definition) is 1. The fraction of sp³-hybridized carbons (Fsp3) is 0.0204. The van der Waals surface area contributed by atoms with Crippen LogP contribution < -0.4 is 0 Å². The lowest BCUT2D eigenvalue weighted by molar-refractivity contribution is 0.666. The quantitative estimate of drug-likeness (QED) is 0.186. The summed E-state index contributed by atoms with van der Waals surface area (Å²) in [5.41, 5.74) is 14.9. The zero-order valence-electron chi connectivity index (χ0n) is 27.8. The summed E-state index contributed by atoms with van der Waals surface area (Å²) < 4.78 is 9.08. The van der Waals surface area contributed by atoms with Crippen molar-refractivity contribution in [3.8, 4) is 27.9 Å². The molecule has 0 unspecified atom stereocenters. The minimum Gasteiger partial charge on any atom is -0.456 e. The molecule has 0 bridgehead atoms. The Labute approximate surface area is 295 Å². The van der Waals surface area contributed by atoms with Crippen LogP contribution in [0.2, 0.25) is 0 Å². The van der Waals surface area contributed by atoms with Gasteiger partial charge in [-0.25, -0.2) is 0 Å². The molecule has 2 aromatic heterocycles. The number of nitrogens with zero attached hydrogens (tertiary/aromatic N) is 1. The van der Waals surface area contributed by atoms with Gasteiger partial charge in [-0.15, -0.1) is 0 Å². The summed E-state index contributed by atoms with van der Waals surface area (Å²) in [6.07, 6.45) is 0. The highest BCUT2D eigenvalue weighted by molar-refractivity contribution is 6.12. The number of aromatic nitrogens is 1. The van der Waals surface area contributed by atoms with E-state index >= 15 is 0 Å². The normalized spacial score (nSPS) is 13.3. The molecule has 238 valence electrons. The molecule has 2 heteroatoms. The smallest absolute Gasteiger partial charge is 0.135 e. The Hall–Kier alpha value is -6.64. The van der Waals surface area contributed by atoms with E-state index < -0.39 is 5.41 Å². The summed E-state index contributed by atoms with van der Waals surface area (Å²) in [4.78, 5) is 0. The van der Waals surface area contributed by atoms with Gasteiger partial charge in [-0.3, -0.25) is 0 Å². The third kappa shape index (κ3) is 3.93. The molecule has 0 atom stereocenters. The maximum atomic E-state index is 6.71. The van der Waals surface area contributed by atoms with Gasteiger partial charge in [0, 0.05) is 27.2 Å². The second kappa shape index (κ2) is 10.7. The summed E-state index contributed by atoms with van der Waals surface area (Å²) in [5.74, 6) is 0. The van der Waals surface area contributed by atoms with Crippen LogP contribution in [0.25, 0.3) is 71.7 Å². The highest BCUT2D eigenvalue weighted by Gasteiger charge is 2.46. The molecule has 0 N–H and O–H groups in total. The molecule has 2 nitrogen and oxygen atoms in total. The van der Waals surface area contributed by atoms with Crippen molar-refractivity contribution in [2.75, 3.05) is 0 Å². The molecule has 0 spiro atoms. The molecule has 51 heavy (non-hydrogen) atoms. The summed E-state index contributed by atoms with van der Waals surface area (Å²) >= 11 is 0. The van der Waals surface area contributed by atoms with E-state index in [0.717, 1.165) is 21.9 Å². The van der Waals surface area contributed by atoms with Crippen LogP contribution in [0.4, 0.5) is 0 Å². The Morgan fingerprint density at radius 2 is 0.961 bits per heavy atom. The van der Waals surface area contributed by atoms with E-state index in [1.165, 1.54) is 72.0 Å². The first-order valence-electron chi connectivity index (χ1n) is 17.6. The second-order valence-corrected chi connectivity index (χ2v) is 13.7. The molecule has 0 fully saturated rings. The standard InChI is InChI=1S/C49H31NO/c1-4-14-34(15-5-1)49(35-16-6-2-7-17-35)43-22-12-10-20-37(43)39-30-42-41-29-33(25-27-47(41)51-48(42)31-44(39)49)32-24-26-46-40(28-32)38-21-11-13-23-45(38)50(46)36-18-8-3-9-19-36/h1-31H. The van der Waals surface area contributed by atoms with Gasteiger partial charge in [-0.1, -0.05) is 133 Å². The fourth-order valence-corrected chi connectivity index (χ4v) is 8.90. The SMILES string of the molecule is c1ccc(-n2c3ccccc3c3cc(-c4ccc5oc6cc7c(cc6c5c4)-c4ccccc4C7(c4ccccc4)c4ccccc4)ccc32)cc1. The molecule has 11 rings (SSSR count). The van der Waals surface area contributed by atoms with Crippen molar-refractivity contribution in [2.45, 2.75) is 5.41 Å². The molecule has 0 amide bonds. The van der Waals surface area contributed by atoms with Gasteiger partial charge in [0.05, 0.1) is 16.4 Å². The van der Waals surface area contributed by atoms with Gasteiger partial charge in [0.2, 0.25) is 0 Å². The van der Waals surface area contributed by atoms with Crippen molar-refractivity contribution in [1.29, 1.82) is 0 Å². The number of hydrogen-bond donors (Lipinski definition) is 0. The third-order valence-electron chi connectivity index (χ3n) is 11.1. The molecule has 0 radical (unpaired) electrons. The average molecular weight is 650 g/mol. The second-order valence-electron chi connectivity index (χ2n) is 13.7. The molecule has 0 saturated heterocycles. The highest BCUT2D eigenvalue weighted by Crippen LogP contribution is 2.57. The predicted molar refractivity (Wildman–Crippen MR) is 211 cm³/mol. The van der Waals surface area contributed by atoms with Gasteiger partial charge in [0.15, 0.2) is 0 Å². The zero-order valence-corrected chi connectivity index (χ0v) is 27.8. The monoisotopic (exact) mass is 649 g/mol. The first kappa shape index (κ1) is 28.2. The van der Waals surface area contributed by atoms with Crippen LogP contribution >= 0.6 is 0 Å². The summed E-state index contributed by atoms with van der Waals surface area (Å²) in [6, 6.07) is 68.3. The van der Waals surface area contributed by atoms with Crippen molar-refractivity contribution < 1.29 is 4.42 Å². The predicted octanol–water partition coefficient (Wildman–Crippen LogP) is 12.7. The topological polar surface area (TPSA) is 18.1 Å². The Morgan fingerprint density at radius 3 is 1.73 bits per heavy atom. The maximum Gasteiger partial charge on any atom is 0.135 e. The van der Waals surface area contributed by atoms with Crippen LogP contribution in [0, 0.1) is 0 Å². The lowest BCUT2D eigenvalue weighted by Gasteiger charge is -2.33. The van der Waals surface area contributed by atoms with Crippen LogP contribution in [-0.2, 0) is 5.41 Å². The largest absolute Gasteiger partial charge is 0.456 e. The van der Waals surface area contributed by atoms with Gasteiger partial charge in [0.1, 0.15) is 11.2 Å². The van der Waals surface area contributed by atoms with E-state index in [1.807, 2.05) is 0 Å². The number of furan rings is 1. The lowest BCUT2D eigenvalue weighted by Crippen LogP contribution is -2.28. The minimum atomic E-state index is -0.457. The van der Waals surface area contributed by atoms with Crippen LogP contribution in [0.3, 0.4) is 0 Å². The van der Waals surface area contributed by atoms with Crippen molar-refractivity contribution in [1.82, 2.24) is 4.57 Å². The summed E-state index contributed by atoms with van der Waals surface area (Å²) in [7, 11) is 0. The Balaban J connectivity index is 1.13. The van der Waals surface area contributed by atoms with Crippen molar-refractivity contribution in [3.05, 3.63) is 210 Å². The van der Waals surface area contributed by atoms with E-state index in [9.17, 15) is 0 Å². The molecular weight excluding hydrogens is 619 g/mol. The number of fused-ring (bicyclic) bond motifs is 9. The highest BCUT2D eigenvalue weighted by atomic mass is 16.3. The van der Waals surface area contributed by atoms with E-state index in [-0.39, 0.29) is 0 Å². The average Bonchev–Trinajstić information content (AvgIpc) is 3.83. The van der Waals surface area contributed by atoms with Gasteiger partial charge < -0.3 is 8.98 Å². The van der Waals surface area contributed by atoms with Crippen LogP contribution in [0.5, 0.6) is 0 Å². The van der Waals surface area contributed by atoms with E-state index in [1.54, 1.807) is 0 Å². The number of para-hydroxylation sites is 2. The van der Waals surface area contributed by atoms with Gasteiger partial charge in [-0.05, 0) is 99.1 Å². The van der Waals surface area contributed by atoms with Crippen molar-refractivity contribution in [3.63, 3.8) is 0 Å². The third-order valence-corrected chi connectivity index (χ3v) is 11.1. The van der Waals surface area contributed by atoms with Crippen molar-refractivity contribution in [2.24, 2.45) is 0 Å². The summed E-state index contributed by atoms with van der Waals surface area (Å²) in [5, 5.41) is 4.77. The molecule has 2 heterocycles. The first-order chi connectivity index (χ1) is 25.3. The fourth-order valence-electron chi connectivity index (χ4n) is 8.90. The maximum absolute atomic E-state index is 6.71. The molecule has 0 aliphatic heterocycles. The number of benzene rings is 8. The molecule has 8 aromatic carbocycles. The van der Waals surface area contributed by atoms with Crippen LogP contribution in [0.15, 0.2) is 192 Å². The first-order valence-corrected chi connectivity index (χ1v) is 17.6. The molecular formula is C49H31NO. The Bertz CT molecular complexity index is 2910. The van der Waals surface area contributed by atoms with Gasteiger partial charge in [-0.2, -0.15) is 0 Å². The number of rotatable bonds is 4. The minimum absolute atomic E-state index is 0.457.